The van der Waals surface area contributed by atoms with Crippen LogP contribution in [0.3, 0.4) is 0 Å². The van der Waals surface area contributed by atoms with Crippen LogP contribution >= 0.6 is 11.6 Å². The number of quaternary nitrogens is 1. The number of anilines is 1. The molecular weight excluding hydrogens is 338 g/mol. The number of rotatable bonds is 5. The number of nitrogens with one attached hydrogen (secondary N) is 1. The average molecular weight is 363 g/mol. The van der Waals surface area contributed by atoms with E-state index >= 15 is 0 Å². The van der Waals surface area contributed by atoms with Crippen LogP contribution in [0, 0.1) is 6.92 Å². The van der Waals surface area contributed by atoms with Crippen LogP contribution < -0.4 is 9.80 Å². The van der Waals surface area contributed by atoms with E-state index in [0.29, 0.717) is 6.54 Å². The second kappa shape index (κ2) is 7.93. The molecule has 0 aliphatic carbocycles. The number of benzene rings is 1. The van der Waals surface area contributed by atoms with Crippen LogP contribution in [0.2, 0.25) is 5.02 Å². The van der Waals surface area contributed by atoms with Gasteiger partial charge in [0.15, 0.2) is 12.3 Å². The number of amides is 1. The van der Waals surface area contributed by atoms with Gasteiger partial charge in [-0.25, -0.2) is 0 Å². The second-order valence-corrected chi connectivity index (χ2v) is 7.05. The first kappa shape index (κ1) is 17.8. The van der Waals surface area contributed by atoms with Crippen molar-refractivity contribution in [1.82, 2.24) is 4.90 Å². The lowest BCUT2D eigenvalue weighted by Crippen LogP contribution is -3.08. The van der Waals surface area contributed by atoms with Gasteiger partial charge in [0.25, 0.3) is 5.91 Å². The van der Waals surface area contributed by atoms with E-state index in [0.717, 1.165) is 59.9 Å². The highest BCUT2D eigenvalue weighted by atomic mass is 35.5. The van der Waals surface area contributed by atoms with Gasteiger partial charge in [-0.1, -0.05) is 23.7 Å². The molecule has 1 amide bonds. The molecule has 1 N–H and O–H groups in total. The van der Waals surface area contributed by atoms with Gasteiger partial charge in [0.2, 0.25) is 0 Å². The molecular formula is C19H25ClN3O2+. The van der Waals surface area contributed by atoms with Crippen LogP contribution in [-0.2, 0) is 11.3 Å². The summed E-state index contributed by atoms with van der Waals surface area (Å²) in [5.41, 5.74) is 1.05. The molecule has 0 spiro atoms. The Morgan fingerprint density at radius 1 is 1.16 bits per heavy atom. The van der Waals surface area contributed by atoms with E-state index in [4.69, 9.17) is 16.0 Å². The molecule has 6 heteroatoms. The predicted molar refractivity (Wildman–Crippen MR) is 99.1 cm³/mol. The molecule has 134 valence electrons. The van der Waals surface area contributed by atoms with Crippen LogP contribution in [0.25, 0.3) is 0 Å². The lowest BCUT2D eigenvalue weighted by atomic mass is 10.2. The maximum absolute atomic E-state index is 12.5. The Hall–Kier alpha value is -1.98. The summed E-state index contributed by atoms with van der Waals surface area (Å²) in [7, 11) is 2.02. The number of likely N-dealkylation sites (N-methyl/N-ethyl adjacent to an activating group) is 1. The Bertz CT molecular complexity index is 723. The maximum Gasteiger partial charge on any atom is 0.277 e. The van der Waals surface area contributed by atoms with Gasteiger partial charge in [-0.15, -0.1) is 0 Å². The van der Waals surface area contributed by atoms with Crippen molar-refractivity contribution in [2.75, 3.05) is 44.7 Å². The van der Waals surface area contributed by atoms with Crippen molar-refractivity contribution in [3.63, 3.8) is 0 Å². The van der Waals surface area contributed by atoms with E-state index in [1.165, 1.54) is 0 Å². The quantitative estimate of drug-likeness (QED) is 0.878. The van der Waals surface area contributed by atoms with Gasteiger partial charge in [-0.2, -0.15) is 0 Å². The predicted octanol–water partition coefficient (Wildman–Crippen LogP) is 1.60. The minimum Gasteiger partial charge on any atom is -0.460 e. The first-order valence-corrected chi connectivity index (χ1v) is 9.04. The van der Waals surface area contributed by atoms with Crippen molar-refractivity contribution in [1.29, 1.82) is 0 Å². The van der Waals surface area contributed by atoms with Gasteiger partial charge in [-0.05, 0) is 31.2 Å². The Labute approximate surface area is 153 Å². The normalized spacial score (nSPS) is 16.1. The van der Waals surface area contributed by atoms with Crippen LogP contribution in [0.1, 0.15) is 11.5 Å². The van der Waals surface area contributed by atoms with Crippen molar-refractivity contribution < 1.29 is 14.1 Å². The average Bonchev–Trinajstić information content (AvgIpc) is 3.00. The fourth-order valence-corrected chi connectivity index (χ4v) is 3.47. The molecule has 1 atom stereocenters. The third-order valence-corrected chi connectivity index (χ3v) is 4.87. The van der Waals surface area contributed by atoms with Crippen LogP contribution in [0.4, 0.5) is 5.69 Å². The maximum atomic E-state index is 12.5. The molecule has 25 heavy (non-hydrogen) atoms. The monoisotopic (exact) mass is 362 g/mol. The number of carbonyl (C=O) groups excluding carboxylic acids is 1. The molecule has 0 radical (unpaired) electrons. The zero-order valence-electron chi connectivity index (χ0n) is 14.8. The Kier molecular flexibility index (Phi) is 5.66. The van der Waals surface area contributed by atoms with E-state index in [1.807, 2.05) is 55.3 Å². The molecule has 5 nitrogen and oxygen atoms in total. The molecule has 0 saturated carbocycles. The van der Waals surface area contributed by atoms with Gasteiger partial charge in [0.1, 0.15) is 12.3 Å². The minimum atomic E-state index is 0.194. The fourth-order valence-electron chi connectivity index (χ4n) is 3.21. The molecule has 2 aromatic rings. The standard InChI is InChI=1S/C19H24ClN3O2/c1-15-7-8-16(25-15)13-21(2)14-19(24)23-11-9-22(10-12-23)18-6-4-3-5-17(18)20/h3-8H,9-14H2,1-2H3/p+1. The summed E-state index contributed by atoms with van der Waals surface area (Å²) >= 11 is 6.27. The third kappa shape index (κ3) is 4.55. The molecule has 0 bridgehead atoms. The van der Waals surface area contributed by atoms with Gasteiger partial charge >= 0.3 is 0 Å². The SMILES string of the molecule is Cc1ccc(C[NH+](C)CC(=O)N2CCN(c3ccccc3Cl)CC2)o1. The van der Waals surface area contributed by atoms with E-state index in [2.05, 4.69) is 4.90 Å². The lowest BCUT2D eigenvalue weighted by Gasteiger charge is -2.36. The number of furan rings is 1. The molecule has 1 fully saturated rings. The molecule has 2 heterocycles. The number of piperazine rings is 1. The van der Waals surface area contributed by atoms with Crippen molar-refractivity contribution in [2.45, 2.75) is 13.5 Å². The summed E-state index contributed by atoms with van der Waals surface area (Å²) < 4.78 is 5.59. The van der Waals surface area contributed by atoms with Gasteiger partial charge in [0, 0.05) is 26.2 Å². The highest BCUT2D eigenvalue weighted by molar-refractivity contribution is 6.33. The highest BCUT2D eigenvalue weighted by Gasteiger charge is 2.24. The summed E-state index contributed by atoms with van der Waals surface area (Å²) in [6, 6.07) is 11.8. The zero-order valence-corrected chi connectivity index (χ0v) is 15.6. The topological polar surface area (TPSA) is 41.1 Å². The van der Waals surface area contributed by atoms with Gasteiger partial charge in [0.05, 0.1) is 17.8 Å². The number of hydrogen-bond donors (Lipinski definition) is 1. The van der Waals surface area contributed by atoms with E-state index in [1.54, 1.807) is 0 Å². The summed E-state index contributed by atoms with van der Waals surface area (Å²) in [6.45, 7) is 6.22. The summed E-state index contributed by atoms with van der Waals surface area (Å²) in [5.74, 6) is 2.02. The third-order valence-electron chi connectivity index (χ3n) is 4.55. The first-order valence-electron chi connectivity index (χ1n) is 8.67. The summed E-state index contributed by atoms with van der Waals surface area (Å²) in [5, 5.41) is 0.764. The van der Waals surface area contributed by atoms with Gasteiger partial charge < -0.3 is 19.1 Å². The summed E-state index contributed by atoms with van der Waals surface area (Å²) in [4.78, 5) is 17.9. The number of aryl methyl sites for hydroxylation is 1. The number of carbonyl (C=O) groups is 1. The molecule has 1 aromatic carbocycles. The largest absolute Gasteiger partial charge is 0.460 e. The summed E-state index contributed by atoms with van der Waals surface area (Å²) in [6.07, 6.45) is 0. The number of hydrogen-bond acceptors (Lipinski definition) is 3. The zero-order chi connectivity index (χ0) is 17.8. The van der Waals surface area contributed by atoms with Gasteiger partial charge in [-0.3, -0.25) is 4.79 Å². The van der Waals surface area contributed by atoms with E-state index < -0.39 is 0 Å². The molecule has 1 aliphatic rings. The number of para-hydroxylation sites is 1. The number of halogens is 1. The molecule has 1 aliphatic heterocycles. The first-order chi connectivity index (χ1) is 12.0. The number of nitrogens with zero attached hydrogens (tertiary/aromatic N) is 2. The molecule has 1 unspecified atom stereocenters. The van der Waals surface area contributed by atoms with Crippen molar-refractivity contribution in [2.24, 2.45) is 0 Å². The van der Waals surface area contributed by atoms with E-state index in [9.17, 15) is 4.79 Å². The Morgan fingerprint density at radius 3 is 2.52 bits per heavy atom. The minimum absolute atomic E-state index is 0.194. The van der Waals surface area contributed by atoms with E-state index in [-0.39, 0.29) is 5.91 Å². The smallest absolute Gasteiger partial charge is 0.277 e. The molecule has 1 aromatic heterocycles. The molecule has 3 rings (SSSR count). The van der Waals surface area contributed by atoms with Crippen molar-refractivity contribution in [3.05, 3.63) is 52.9 Å². The van der Waals surface area contributed by atoms with Crippen LogP contribution in [0.5, 0.6) is 0 Å². The molecule has 1 saturated heterocycles. The fraction of sp³-hybridized carbons (Fsp3) is 0.421. The Morgan fingerprint density at radius 2 is 1.88 bits per heavy atom. The lowest BCUT2D eigenvalue weighted by molar-refractivity contribution is -0.886. The van der Waals surface area contributed by atoms with Crippen LogP contribution in [-0.4, -0.2) is 50.6 Å². The Balaban J connectivity index is 1.49. The van der Waals surface area contributed by atoms with Crippen LogP contribution in [0.15, 0.2) is 40.8 Å². The van der Waals surface area contributed by atoms with Crippen molar-refractivity contribution >= 4 is 23.2 Å². The highest BCUT2D eigenvalue weighted by Crippen LogP contribution is 2.25. The second-order valence-electron chi connectivity index (χ2n) is 6.64. The van der Waals surface area contributed by atoms with Crippen molar-refractivity contribution in [3.8, 4) is 0 Å².